The molecule has 0 bridgehead atoms. The van der Waals surface area contributed by atoms with E-state index in [0.717, 1.165) is 31.9 Å². The van der Waals surface area contributed by atoms with Crippen LogP contribution in [0.1, 0.15) is 32.6 Å². The zero-order chi connectivity index (χ0) is 15.3. The van der Waals surface area contributed by atoms with Crippen LogP contribution in [0.15, 0.2) is 52.4 Å². The van der Waals surface area contributed by atoms with E-state index in [0.29, 0.717) is 10.8 Å². The van der Waals surface area contributed by atoms with Crippen molar-refractivity contribution >= 4 is 41.7 Å². The fourth-order valence-corrected chi connectivity index (χ4v) is 3.87. The molecule has 0 aliphatic heterocycles. The van der Waals surface area contributed by atoms with Crippen LogP contribution in [0.2, 0.25) is 0 Å². The molecule has 0 radical (unpaired) electrons. The molecule has 23 heavy (non-hydrogen) atoms. The quantitative estimate of drug-likeness (QED) is 0.300. The molecule has 1 fully saturated rings. The lowest BCUT2D eigenvalue weighted by molar-refractivity contribution is 0.632. The predicted molar refractivity (Wildman–Crippen MR) is 111 cm³/mol. The first-order valence-electron chi connectivity index (χ1n) is 8.24. The van der Waals surface area contributed by atoms with Crippen LogP contribution in [0.3, 0.4) is 0 Å². The molecule has 1 saturated carbocycles. The van der Waals surface area contributed by atoms with E-state index in [4.69, 9.17) is 4.99 Å². The molecule has 0 heterocycles. The number of aliphatic imine (C=N–C) groups is 1. The molecule has 3 rings (SSSR count). The van der Waals surface area contributed by atoms with Crippen LogP contribution >= 0.6 is 35.7 Å². The topological polar surface area (TPSA) is 36.4 Å². The molecular formula is C18H26IN3S. The van der Waals surface area contributed by atoms with Gasteiger partial charge in [0.25, 0.3) is 0 Å². The molecule has 2 N–H and O–H groups in total. The lowest BCUT2D eigenvalue weighted by atomic mass is 10.2. The summed E-state index contributed by atoms with van der Waals surface area (Å²) in [5.41, 5.74) is 0. The van der Waals surface area contributed by atoms with Crippen molar-refractivity contribution in [2.24, 2.45) is 4.99 Å². The highest BCUT2D eigenvalue weighted by molar-refractivity contribution is 14.0. The predicted octanol–water partition coefficient (Wildman–Crippen LogP) is 4.20. The summed E-state index contributed by atoms with van der Waals surface area (Å²) in [7, 11) is 0. The highest BCUT2D eigenvalue weighted by Crippen LogP contribution is 2.51. The molecule has 2 aliphatic rings. The van der Waals surface area contributed by atoms with Crippen molar-refractivity contribution in [2.75, 3.05) is 13.1 Å². The third kappa shape index (κ3) is 5.71. The fraction of sp³-hybridized carbons (Fsp3) is 0.500. The minimum atomic E-state index is 0. The minimum Gasteiger partial charge on any atom is -0.357 e. The van der Waals surface area contributed by atoms with Crippen LogP contribution in [0.5, 0.6) is 0 Å². The Labute approximate surface area is 160 Å². The van der Waals surface area contributed by atoms with Gasteiger partial charge in [-0.3, -0.25) is 4.99 Å². The Morgan fingerprint density at radius 1 is 1.22 bits per heavy atom. The Morgan fingerprint density at radius 3 is 2.52 bits per heavy atom. The Bertz CT molecular complexity index is 532. The summed E-state index contributed by atoms with van der Waals surface area (Å²) in [5, 5.41) is 6.92. The van der Waals surface area contributed by atoms with Gasteiger partial charge in [-0.25, -0.2) is 0 Å². The van der Waals surface area contributed by atoms with Crippen LogP contribution in [0, 0.1) is 0 Å². The van der Waals surface area contributed by atoms with Gasteiger partial charge in [0.15, 0.2) is 5.96 Å². The number of hydrogen-bond acceptors (Lipinski definition) is 2. The first-order valence-corrected chi connectivity index (χ1v) is 9.05. The maximum absolute atomic E-state index is 4.85. The van der Waals surface area contributed by atoms with Gasteiger partial charge in [-0.15, -0.1) is 35.7 Å². The number of rotatable bonds is 6. The van der Waals surface area contributed by atoms with E-state index in [1.54, 1.807) is 0 Å². The summed E-state index contributed by atoms with van der Waals surface area (Å²) in [6.45, 7) is 3.92. The normalized spacial score (nSPS) is 19.3. The van der Waals surface area contributed by atoms with Gasteiger partial charge in [-0.2, -0.15) is 0 Å². The molecule has 0 spiro atoms. The van der Waals surface area contributed by atoms with Crippen molar-refractivity contribution in [3.8, 4) is 0 Å². The van der Waals surface area contributed by atoms with Gasteiger partial charge >= 0.3 is 0 Å². The summed E-state index contributed by atoms with van der Waals surface area (Å²) in [5.74, 6) is 0.969. The van der Waals surface area contributed by atoms with E-state index in [1.807, 2.05) is 11.8 Å². The molecule has 0 amide bonds. The molecule has 0 atom stereocenters. The second-order valence-electron chi connectivity index (χ2n) is 6.08. The first-order chi connectivity index (χ1) is 10.8. The van der Waals surface area contributed by atoms with E-state index in [2.05, 4.69) is 60.0 Å². The van der Waals surface area contributed by atoms with E-state index in [1.165, 1.54) is 17.7 Å². The smallest absolute Gasteiger partial charge is 0.191 e. The largest absolute Gasteiger partial charge is 0.357 e. The summed E-state index contributed by atoms with van der Waals surface area (Å²) in [4.78, 5) is 6.21. The lowest BCUT2D eigenvalue weighted by Gasteiger charge is -2.18. The molecule has 0 saturated heterocycles. The third-order valence-corrected chi connectivity index (χ3v) is 5.58. The Balaban J connectivity index is 0.00000192. The van der Waals surface area contributed by atoms with Crippen molar-refractivity contribution in [3.63, 3.8) is 0 Å². The minimum absolute atomic E-state index is 0. The zero-order valence-corrected chi connectivity index (χ0v) is 16.8. The monoisotopic (exact) mass is 443 g/mol. The van der Waals surface area contributed by atoms with Gasteiger partial charge in [-0.05, 0) is 44.7 Å². The van der Waals surface area contributed by atoms with Crippen molar-refractivity contribution in [1.82, 2.24) is 10.6 Å². The molecule has 3 nitrogen and oxygen atoms in total. The lowest BCUT2D eigenvalue weighted by Crippen LogP contribution is -2.42. The van der Waals surface area contributed by atoms with Crippen LogP contribution in [-0.2, 0) is 0 Å². The number of halogens is 1. The summed E-state index contributed by atoms with van der Waals surface area (Å²) in [6, 6.07) is 11.2. The van der Waals surface area contributed by atoms with Crippen LogP contribution < -0.4 is 10.6 Å². The van der Waals surface area contributed by atoms with Gasteiger partial charge in [0.2, 0.25) is 0 Å². The average molecular weight is 443 g/mol. The number of benzene rings is 1. The van der Waals surface area contributed by atoms with Crippen LogP contribution in [0.25, 0.3) is 0 Å². The summed E-state index contributed by atoms with van der Waals surface area (Å²) >= 11 is 1.98. The summed E-state index contributed by atoms with van der Waals surface area (Å²) in [6.07, 6.45) is 9.23. The molecule has 0 aromatic heterocycles. The van der Waals surface area contributed by atoms with E-state index in [9.17, 15) is 0 Å². The van der Waals surface area contributed by atoms with Gasteiger partial charge in [-0.1, -0.05) is 30.4 Å². The SMILES string of the molecule is CCNC(=NCC1(Sc2ccccc2)CC1)NC1CC=CC1.I. The van der Waals surface area contributed by atoms with Gasteiger partial charge in [0, 0.05) is 22.2 Å². The Morgan fingerprint density at radius 2 is 1.91 bits per heavy atom. The van der Waals surface area contributed by atoms with Crippen LogP contribution in [-0.4, -0.2) is 29.8 Å². The average Bonchev–Trinajstić information content (AvgIpc) is 3.09. The van der Waals surface area contributed by atoms with Crippen molar-refractivity contribution in [2.45, 2.75) is 48.3 Å². The van der Waals surface area contributed by atoms with Crippen molar-refractivity contribution in [1.29, 1.82) is 0 Å². The zero-order valence-electron chi connectivity index (χ0n) is 13.6. The second-order valence-corrected chi connectivity index (χ2v) is 7.62. The molecule has 0 unspecified atom stereocenters. The first kappa shape index (κ1) is 18.6. The number of guanidine groups is 1. The van der Waals surface area contributed by atoms with Gasteiger partial charge in [0.1, 0.15) is 0 Å². The maximum Gasteiger partial charge on any atom is 0.191 e. The Kier molecular flexibility index (Phi) is 7.27. The molecule has 5 heteroatoms. The maximum atomic E-state index is 4.85. The molecule has 126 valence electrons. The van der Waals surface area contributed by atoms with Crippen molar-refractivity contribution < 1.29 is 0 Å². The number of nitrogens with zero attached hydrogens (tertiary/aromatic N) is 1. The van der Waals surface area contributed by atoms with E-state index >= 15 is 0 Å². The van der Waals surface area contributed by atoms with Crippen LogP contribution in [0.4, 0.5) is 0 Å². The van der Waals surface area contributed by atoms with E-state index in [-0.39, 0.29) is 24.0 Å². The number of nitrogens with one attached hydrogen (secondary N) is 2. The van der Waals surface area contributed by atoms with Crippen molar-refractivity contribution in [3.05, 3.63) is 42.5 Å². The van der Waals surface area contributed by atoms with E-state index < -0.39 is 0 Å². The number of hydrogen-bond donors (Lipinski definition) is 2. The van der Waals surface area contributed by atoms with Gasteiger partial charge in [0.05, 0.1) is 6.54 Å². The molecule has 1 aromatic carbocycles. The fourth-order valence-electron chi connectivity index (χ4n) is 2.64. The highest BCUT2D eigenvalue weighted by atomic mass is 127. The second kappa shape index (κ2) is 8.97. The Hall–Kier alpha value is -0.690. The number of thioether (sulfide) groups is 1. The molecule has 2 aliphatic carbocycles. The third-order valence-electron chi connectivity index (χ3n) is 4.10. The summed E-state index contributed by atoms with van der Waals surface area (Å²) < 4.78 is 0.317. The van der Waals surface area contributed by atoms with Gasteiger partial charge < -0.3 is 10.6 Å². The molecular weight excluding hydrogens is 417 g/mol. The standard InChI is InChI=1S/C18H25N3S.HI/c1-2-19-17(21-15-8-6-7-9-15)20-14-18(12-13-18)22-16-10-4-3-5-11-16;/h3-7,10-11,15H,2,8-9,12-14H2,1H3,(H2,19,20,21);1H. The molecule has 1 aromatic rings. The highest BCUT2D eigenvalue weighted by Gasteiger charge is 2.43.